The fraction of sp³-hybridized carbons (Fsp3) is 0.938. The van der Waals surface area contributed by atoms with Crippen LogP contribution in [0.5, 0.6) is 0 Å². The molecule has 19 heavy (non-hydrogen) atoms. The van der Waals surface area contributed by atoms with Crippen LogP contribution in [0.1, 0.15) is 64.7 Å². The summed E-state index contributed by atoms with van der Waals surface area (Å²) >= 11 is 0. The van der Waals surface area contributed by atoms with Crippen LogP contribution in [-0.2, 0) is 4.79 Å². The van der Waals surface area contributed by atoms with Crippen LogP contribution in [0.15, 0.2) is 0 Å². The van der Waals surface area contributed by atoms with Gasteiger partial charge in [-0.25, -0.2) is 0 Å². The molecule has 0 spiro atoms. The average molecular weight is 264 g/mol. The van der Waals surface area contributed by atoms with Gasteiger partial charge in [-0.3, -0.25) is 10.1 Å². The van der Waals surface area contributed by atoms with Crippen LogP contribution in [-0.4, -0.2) is 29.6 Å². The predicted octanol–water partition coefficient (Wildman–Crippen LogP) is 2.90. The van der Waals surface area contributed by atoms with Gasteiger partial charge in [0.05, 0.1) is 12.2 Å². The van der Waals surface area contributed by atoms with E-state index in [2.05, 4.69) is 10.2 Å². The summed E-state index contributed by atoms with van der Waals surface area (Å²) in [5, 5.41) is 3.55. The van der Waals surface area contributed by atoms with E-state index in [4.69, 9.17) is 0 Å². The first kappa shape index (κ1) is 13.4. The maximum Gasteiger partial charge on any atom is 0.240 e. The fourth-order valence-electron chi connectivity index (χ4n) is 4.34. The summed E-state index contributed by atoms with van der Waals surface area (Å²) in [5.74, 6) is 1.93. The first-order valence-electron chi connectivity index (χ1n) is 8.32. The molecule has 1 amide bonds. The number of rotatable bonds is 4. The van der Waals surface area contributed by atoms with Crippen LogP contribution in [0.2, 0.25) is 0 Å². The Kier molecular flexibility index (Phi) is 4.11. The van der Waals surface area contributed by atoms with Crippen LogP contribution in [0.25, 0.3) is 0 Å². The average Bonchev–Trinajstić information content (AvgIpc) is 3.12. The Balaban J connectivity index is 1.59. The van der Waals surface area contributed by atoms with Gasteiger partial charge in [0.25, 0.3) is 0 Å². The normalized spacial score (nSPS) is 33.7. The van der Waals surface area contributed by atoms with Gasteiger partial charge in [-0.1, -0.05) is 38.5 Å². The number of carbonyl (C=O) groups is 1. The number of hydrogen-bond donors (Lipinski definition) is 1. The van der Waals surface area contributed by atoms with E-state index in [9.17, 15) is 4.79 Å². The Bertz CT molecular complexity index is 319. The largest absolute Gasteiger partial charge is 0.326 e. The van der Waals surface area contributed by atoms with Crippen molar-refractivity contribution in [3.63, 3.8) is 0 Å². The maximum absolute atomic E-state index is 12.3. The molecule has 1 aliphatic heterocycles. The Hall–Kier alpha value is -0.570. The van der Waals surface area contributed by atoms with E-state index in [1.807, 2.05) is 6.92 Å². The zero-order valence-corrected chi connectivity index (χ0v) is 12.2. The quantitative estimate of drug-likeness (QED) is 0.847. The van der Waals surface area contributed by atoms with E-state index >= 15 is 0 Å². The highest BCUT2D eigenvalue weighted by Crippen LogP contribution is 2.33. The second-order valence-electron chi connectivity index (χ2n) is 6.85. The van der Waals surface area contributed by atoms with Crippen LogP contribution in [0.4, 0.5) is 0 Å². The summed E-state index contributed by atoms with van der Waals surface area (Å²) in [4.78, 5) is 14.5. The van der Waals surface area contributed by atoms with Gasteiger partial charge in [-0.15, -0.1) is 0 Å². The highest BCUT2D eigenvalue weighted by molar-refractivity contribution is 5.83. The van der Waals surface area contributed by atoms with Gasteiger partial charge >= 0.3 is 0 Å². The third-order valence-corrected chi connectivity index (χ3v) is 5.51. The molecule has 2 saturated carbocycles. The zero-order chi connectivity index (χ0) is 13.2. The second-order valence-corrected chi connectivity index (χ2v) is 6.85. The van der Waals surface area contributed by atoms with E-state index < -0.39 is 0 Å². The summed E-state index contributed by atoms with van der Waals surface area (Å²) in [5.41, 5.74) is 0. The minimum atomic E-state index is 0.0363. The van der Waals surface area contributed by atoms with Crippen molar-refractivity contribution in [2.24, 2.45) is 11.8 Å². The summed E-state index contributed by atoms with van der Waals surface area (Å²) in [6.45, 7) is 3.02. The summed E-state index contributed by atoms with van der Waals surface area (Å²) in [6.07, 6.45) is 12.4. The van der Waals surface area contributed by atoms with Gasteiger partial charge in [-0.2, -0.15) is 0 Å². The molecule has 1 heterocycles. The summed E-state index contributed by atoms with van der Waals surface area (Å²) < 4.78 is 0. The molecule has 0 aromatic rings. The Morgan fingerprint density at radius 3 is 2.42 bits per heavy atom. The lowest BCUT2D eigenvalue weighted by atomic mass is 10.0. The topological polar surface area (TPSA) is 32.3 Å². The lowest BCUT2D eigenvalue weighted by Crippen LogP contribution is -2.43. The minimum absolute atomic E-state index is 0.0363. The Morgan fingerprint density at radius 1 is 1.11 bits per heavy atom. The van der Waals surface area contributed by atoms with Gasteiger partial charge in [0.1, 0.15) is 0 Å². The van der Waals surface area contributed by atoms with E-state index in [0.29, 0.717) is 18.0 Å². The molecular weight excluding hydrogens is 236 g/mol. The minimum Gasteiger partial charge on any atom is -0.326 e. The van der Waals surface area contributed by atoms with Crippen LogP contribution in [0.3, 0.4) is 0 Å². The van der Waals surface area contributed by atoms with Gasteiger partial charge in [-0.05, 0) is 38.0 Å². The highest BCUT2D eigenvalue weighted by Gasteiger charge is 2.41. The molecule has 0 radical (unpaired) electrons. The molecule has 3 fully saturated rings. The molecule has 1 saturated heterocycles. The van der Waals surface area contributed by atoms with Crippen molar-refractivity contribution in [1.82, 2.24) is 10.2 Å². The third kappa shape index (κ3) is 2.81. The van der Waals surface area contributed by atoms with Crippen LogP contribution < -0.4 is 5.32 Å². The molecule has 3 rings (SSSR count). The fourth-order valence-corrected chi connectivity index (χ4v) is 4.34. The molecule has 0 aromatic heterocycles. The molecule has 3 nitrogen and oxygen atoms in total. The first-order chi connectivity index (χ1) is 9.25. The molecule has 2 atom stereocenters. The van der Waals surface area contributed by atoms with Crippen LogP contribution >= 0.6 is 0 Å². The number of amides is 1. The van der Waals surface area contributed by atoms with E-state index in [1.54, 1.807) is 0 Å². The van der Waals surface area contributed by atoms with Gasteiger partial charge in [0.2, 0.25) is 5.91 Å². The first-order valence-corrected chi connectivity index (χ1v) is 8.32. The van der Waals surface area contributed by atoms with Crippen molar-refractivity contribution in [2.45, 2.75) is 76.9 Å². The molecule has 0 aromatic carbocycles. The molecule has 3 heteroatoms. The highest BCUT2D eigenvalue weighted by atomic mass is 16.2. The second kappa shape index (κ2) is 5.82. The number of nitrogens with zero attached hydrogens (tertiary/aromatic N) is 1. The van der Waals surface area contributed by atoms with Crippen molar-refractivity contribution in [2.75, 3.05) is 6.54 Å². The molecule has 2 unspecified atom stereocenters. The molecule has 108 valence electrons. The van der Waals surface area contributed by atoms with Crippen molar-refractivity contribution in [1.29, 1.82) is 0 Å². The lowest BCUT2D eigenvalue weighted by Gasteiger charge is -2.29. The van der Waals surface area contributed by atoms with Crippen molar-refractivity contribution < 1.29 is 4.79 Å². The number of hydrogen-bond acceptors (Lipinski definition) is 2. The zero-order valence-electron chi connectivity index (χ0n) is 12.2. The molecular formula is C16H28N2O. The van der Waals surface area contributed by atoms with E-state index in [-0.39, 0.29) is 6.04 Å². The molecule has 2 aliphatic carbocycles. The maximum atomic E-state index is 12.3. The smallest absolute Gasteiger partial charge is 0.240 e. The van der Waals surface area contributed by atoms with Crippen molar-refractivity contribution in [3.05, 3.63) is 0 Å². The summed E-state index contributed by atoms with van der Waals surface area (Å²) in [7, 11) is 0. The predicted molar refractivity (Wildman–Crippen MR) is 76.6 cm³/mol. The lowest BCUT2D eigenvalue weighted by molar-refractivity contribution is -0.130. The molecule has 0 bridgehead atoms. The Morgan fingerprint density at radius 2 is 1.74 bits per heavy atom. The van der Waals surface area contributed by atoms with E-state index in [0.717, 1.165) is 12.5 Å². The van der Waals surface area contributed by atoms with Crippen molar-refractivity contribution in [3.8, 4) is 0 Å². The number of carbonyl (C=O) groups excluding carboxylic acids is 1. The summed E-state index contributed by atoms with van der Waals surface area (Å²) in [6, 6.07) is 0.0363. The number of nitrogens with one attached hydrogen (secondary N) is 1. The van der Waals surface area contributed by atoms with Gasteiger partial charge in [0, 0.05) is 6.54 Å². The van der Waals surface area contributed by atoms with Gasteiger partial charge in [0.15, 0.2) is 0 Å². The standard InChI is InChI=1S/C16H28N2O/c1-12-16(19)18(11-10-13-6-2-3-7-13)15(17-12)14-8-4-5-9-14/h12-15,17H,2-11H2,1H3. The molecule has 1 N–H and O–H groups in total. The van der Waals surface area contributed by atoms with E-state index in [1.165, 1.54) is 57.8 Å². The SMILES string of the molecule is CC1NC(C2CCCC2)N(CCC2CCCC2)C1=O. The third-order valence-electron chi connectivity index (χ3n) is 5.51. The molecule has 3 aliphatic rings. The monoisotopic (exact) mass is 264 g/mol. The Labute approximate surface area is 117 Å². The van der Waals surface area contributed by atoms with Gasteiger partial charge < -0.3 is 4.90 Å². The van der Waals surface area contributed by atoms with Crippen LogP contribution in [0, 0.1) is 11.8 Å². The van der Waals surface area contributed by atoms with Crippen molar-refractivity contribution >= 4 is 5.91 Å².